The predicted molar refractivity (Wildman–Crippen MR) is 111 cm³/mol. The molecular formula is C20H20N4O6. The molecule has 0 bridgehead atoms. The van der Waals surface area contributed by atoms with Gasteiger partial charge in [-0.05, 0) is 5.56 Å². The number of carboxylic acid groups (broad SMARTS) is 1. The average Bonchev–Trinajstić information content (AvgIpc) is 2.74. The molecule has 0 unspecified atom stereocenters. The van der Waals surface area contributed by atoms with Crippen LogP contribution >= 0.6 is 0 Å². The second-order valence-electron chi connectivity index (χ2n) is 6.78. The third-order valence-electron chi connectivity index (χ3n) is 4.87. The molecular weight excluding hydrogens is 392 g/mol. The van der Waals surface area contributed by atoms with Gasteiger partial charge >= 0.3 is 5.97 Å². The standard InChI is InChI=1S/C20H20N4O6/c25-20(26)17-13-16(23(27)28)14-18(24(29)30)19(17)22-11-9-21(10-12-22)8-4-7-15-5-2-1-3-6-15/h1-7,13-14H,8-12H2,(H,25,26)/b7-4+. The smallest absolute Gasteiger partial charge is 0.338 e. The monoisotopic (exact) mass is 412 g/mol. The van der Waals surface area contributed by atoms with E-state index in [9.17, 15) is 30.1 Å². The van der Waals surface area contributed by atoms with E-state index in [-0.39, 0.29) is 5.69 Å². The van der Waals surface area contributed by atoms with Crippen molar-refractivity contribution in [3.8, 4) is 0 Å². The fourth-order valence-electron chi connectivity index (χ4n) is 3.40. The minimum Gasteiger partial charge on any atom is -0.478 e. The zero-order chi connectivity index (χ0) is 21.7. The third kappa shape index (κ3) is 4.78. The van der Waals surface area contributed by atoms with E-state index in [0.29, 0.717) is 32.7 Å². The molecule has 2 aromatic carbocycles. The summed E-state index contributed by atoms with van der Waals surface area (Å²) in [6, 6.07) is 11.5. The van der Waals surface area contributed by atoms with Gasteiger partial charge in [-0.25, -0.2) is 4.79 Å². The number of anilines is 1. The number of nitrogens with zero attached hydrogens (tertiary/aromatic N) is 4. The molecule has 0 radical (unpaired) electrons. The maximum atomic E-state index is 11.7. The predicted octanol–water partition coefficient (Wildman–Crippen LogP) is 3.04. The first kappa shape index (κ1) is 20.9. The highest BCUT2D eigenvalue weighted by Crippen LogP contribution is 2.36. The summed E-state index contributed by atoms with van der Waals surface area (Å²) in [4.78, 5) is 36.4. The Balaban J connectivity index is 1.76. The van der Waals surface area contributed by atoms with Gasteiger partial charge in [0.15, 0.2) is 0 Å². The van der Waals surface area contributed by atoms with Crippen molar-refractivity contribution >= 4 is 29.1 Å². The molecule has 30 heavy (non-hydrogen) atoms. The average molecular weight is 412 g/mol. The number of carboxylic acids is 1. The van der Waals surface area contributed by atoms with Gasteiger partial charge in [-0.1, -0.05) is 42.5 Å². The lowest BCUT2D eigenvalue weighted by Crippen LogP contribution is -2.47. The Labute approximate surface area is 171 Å². The maximum Gasteiger partial charge on any atom is 0.338 e. The second-order valence-corrected chi connectivity index (χ2v) is 6.78. The van der Waals surface area contributed by atoms with E-state index in [0.717, 1.165) is 17.7 Å². The Bertz CT molecular complexity index is 949. The molecule has 1 aliphatic rings. The van der Waals surface area contributed by atoms with Crippen molar-refractivity contribution in [1.29, 1.82) is 0 Å². The summed E-state index contributed by atoms with van der Waals surface area (Å²) < 4.78 is 0. The van der Waals surface area contributed by atoms with Crippen molar-refractivity contribution in [1.82, 2.24) is 4.90 Å². The lowest BCUT2D eigenvalue weighted by molar-refractivity contribution is -0.393. The number of nitro groups is 2. The highest BCUT2D eigenvalue weighted by atomic mass is 16.6. The third-order valence-corrected chi connectivity index (χ3v) is 4.87. The summed E-state index contributed by atoms with van der Waals surface area (Å²) >= 11 is 0. The Kier molecular flexibility index (Phi) is 6.38. The van der Waals surface area contributed by atoms with Crippen LogP contribution in [0.15, 0.2) is 48.5 Å². The number of hydrogen-bond acceptors (Lipinski definition) is 7. The van der Waals surface area contributed by atoms with Crippen LogP contribution in [-0.2, 0) is 0 Å². The topological polar surface area (TPSA) is 130 Å². The van der Waals surface area contributed by atoms with Crippen LogP contribution in [0.5, 0.6) is 0 Å². The maximum absolute atomic E-state index is 11.7. The Morgan fingerprint density at radius 2 is 1.70 bits per heavy atom. The fraction of sp³-hybridized carbons (Fsp3) is 0.250. The Hall–Kier alpha value is -3.79. The number of aromatic carboxylic acids is 1. The molecule has 156 valence electrons. The van der Waals surface area contributed by atoms with E-state index in [1.54, 1.807) is 4.90 Å². The molecule has 10 nitrogen and oxygen atoms in total. The zero-order valence-corrected chi connectivity index (χ0v) is 16.0. The van der Waals surface area contributed by atoms with Crippen LogP contribution in [0, 0.1) is 20.2 Å². The van der Waals surface area contributed by atoms with Crippen LogP contribution in [0.25, 0.3) is 6.08 Å². The molecule has 0 aliphatic carbocycles. The molecule has 1 fully saturated rings. The highest BCUT2D eigenvalue weighted by molar-refractivity contribution is 5.98. The zero-order valence-electron chi connectivity index (χ0n) is 16.0. The SMILES string of the molecule is O=C(O)c1cc([N+](=O)[O-])cc([N+](=O)[O-])c1N1CCN(C/C=C/c2ccccc2)CC1. The Morgan fingerprint density at radius 1 is 1.03 bits per heavy atom. The normalized spacial score (nSPS) is 14.7. The van der Waals surface area contributed by atoms with Crippen molar-refractivity contribution in [2.75, 3.05) is 37.6 Å². The van der Waals surface area contributed by atoms with Gasteiger partial charge in [-0.15, -0.1) is 0 Å². The van der Waals surface area contributed by atoms with Gasteiger partial charge in [0.25, 0.3) is 11.4 Å². The van der Waals surface area contributed by atoms with Crippen molar-refractivity contribution in [3.63, 3.8) is 0 Å². The van der Waals surface area contributed by atoms with E-state index in [1.165, 1.54) is 0 Å². The Morgan fingerprint density at radius 3 is 2.27 bits per heavy atom. The summed E-state index contributed by atoms with van der Waals surface area (Å²) in [6.07, 6.45) is 4.04. The van der Waals surface area contributed by atoms with Crippen molar-refractivity contribution in [3.05, 3.63) is 79.9 Å². The largest absolute Gasteiger partial charge is 0.478 e. The number of non-ortho nitro benzene ring substituents is 1. The van der Waals surface area contributed by atoms with E-state index in [4.69, 9.17) is 0 Å². The molecule has 0 saturated carbocycles. The van der Waals surface area contributed by atoms with Gasteiger partial charge in [0.2, 0.25) is 0 Å². The van der Waals surface area contributed by atoms with Crippen LogP contribution in [-0.4, -0.2) is 58.5 Å². The molecule has 3 rings (SSSR count). The molecule has 1 aliphatic heterocycles. The first-order valence-corrected chi connectivity index (χ1v) is 9.26. The van der Waals surface area contributed by atoms with Crippen LogP contribution in [0.2, 0.25) is 0 Å². The van der Waals surface area contributed by atoms with Crippen molar-refractivity contribution < 1.29 is 19.7 Å². The van der Waals surface area contributed by atoms with Crippen LogP contribution in [0.4, 0.5) is 17.1 Å². The molecule has 1 N–H and O–H groups in total. The number of rotatable bonds is 7. The molecule has 0 amide bonds. The van der Waals surface area contributed by atoms with Crippen LogP contribution in [0.1, 0.15) is 15.9 Å². The van der Waals surface area contributed by atoms with Crippen molar-refractivity contribution in [2.24, 2.45) is 0 Å². The molecule has 1 heterocycles. The van der Waals surface area contributed by atoms with E-state index in [1.807, 2.05) is 42.5 Å². The van der Waals surface area contributed by atoms with Gasteiger partial charge in [0.1, 0.15) is 5.69 Å². The lowest BCUT2D eigenvalue weighted by Gasteiger charge is -2.35. The highest BCUT2D eigenvalue weighted by Gasteiger charge is 2.32. The summed E-state index contributed by atoms with van der Waals surface area (Å²) in [7, 11) is 0. The lowest BCUT2D eigenvalue weighted by atomic mass is 10.1. The van der Waals surface area contributed by atoms with E-state index in [2.05, 4.69) is 4.90 Å². The summed E-state index contributed by atoms with van der Waals surface area (Å²) in [5.41, 5.74) is -0.624. The number of piperazine rings is 1. The first-order valence-electron chi connectivity index (χ1n) is 9.26. The fourth-order valence-corrected chi connectivity index (χ4v) is 3.40. The summed E-state index contributed by atoms with van der Waals surface area (Å²) in [5.74, 6) is -1.44. The van der Waals surface area contributed by atoms with Gasteiger partial charge in [0.05, 0.1) is 21.5 Å². The van der Waals surface area contributed by atoms with Gasteiger partial charge in [-0.3, -0.25) is 25.1 Å². The molecule has 0 spiro atoms. The minimum atomic E-state index is -1.44. The first-order chi connectivity index (χ1) is 14.4. The molecule has 0 aromatic heterocycles. The van der Waals surface area contributed by atoms with Gasteiger partial charge in [-0.2, -0.15) is 0 Å². The van der Waals surface area contributed by atoms with E-state index < -0.39 is 32.8 Å². The molecule has 10 heteroatoms. The van der Waals surface area contributed by atoms with Crippen molar-refractivity contribution in [2.45, 2.75) is 0 Å². The molecule has 1 saturated heterocycles. The number of benzene rings is 2. The summed E-state index contributed by atoms with van der Waals surface area (Å²) in [6.45, 7) is 2.59. The number of carbonyl (C=O) groups is 1. The summed E-state index contributed by atoms with van der Waals surface area (Å²) in [5, 5.41) is 32.0. The van der Waals surface area contributed by atoms with Crippen LogP contribution < -0.4 is 4.90 Å². The quantitative estimate of drug-likeness (QED) is 0.542. The minimum absolute atomic E-state index is 0.0856. The molecule has 2 aromatic rings. The van der Waals surface area contributed by atoms with E-state index >= 15 is 0 Å². The van der Waals surface area contributed by atoms with Gasteiger partial charge in [0, 0.05) is 38.8 Å². The van der Waals surface area contributed by atoms with Gasteiger partial charge < -0.3 is 10.0 Å². The second kappa shape index (κ2) is 9.14. The van der Waals surface area contributed by atoms with Crippen LogP contribution in [0.3, 0.4) is 0 Å². The number of hydrogen-bond donors (Lipinski definition) is 1. The number of nitro benzene ring substituents is 2. The molecule has 0 atom stereocenters.